The molecule has 0 aliphatic carbocycles. The van der Waals surface area contributed by atoms with Gasteiger partial charge in [0.15, 0.2) is 0 Å². The van der Waals surface area contributed by atoms with E-state index in [1.54, 1.807) is 45.0 Å². The van der Waals surface area contributed by atoms with Gasteiger partial charge in [0.25, 0.3) is 5.91 Å². The Morgan fingerprint density at radius 1 is 1.20 bits per heavy atom. The number of nitrogens with zero attached hydrogens (tertiary/aromatic N) is 1. The van der Waals surface area contributed by atoms with Gasteiger partial charge in [-0.1, -0.05) is 12.1 Å². The van der Waals surface area contributed by atoms with Crippen LogP contribution >= 0.6 is 0 Å². The van der Waals surface area contributed by atoms with Gasteiger partial charge < -0.3 is 19.5 Å². The lowest BCUT2D eigenvalue weighted by atomic mass is 9.98. The third-order valence-corrected chi connectivity index (χ3v) is 3.72. The van der Waals surface area contributed by atoms with Crippen LogP contribution in [0.15, 0.2) is 24.3 Å². The van der Waals surface area contributed by atoms with E-state index in [1.807, 2.05) is 0 Å². The van der Waals surface area contributed by atoms with E-state index in [0.717, 1.165) is 13.1 Å². The van der Waals surface area contributed by atoms with E-state index in [9.17, 15) is 9.59 Å². The SMILES string of the molecule is CC(C)(C)C(=O)OCOc1ccccc1C(=O)NCN1CCOCC1. The zero-order chi connectivity index (χ0) is 18.3. The summed E-state index contributed by atoms with van der Waals surface area (Å²) in [5, 5.41) is 2.88. The van der Waals surface area contributed by atoms with Crippen molar-refractivity contribution in [3.63, 3.8) is 0 Å². The smallest absolute Gasteiger partial charge is 0.314 e. The molecule has 2 rings (SSSR count). The van der Waals surface area contributed by atoms with Gasteiger partial charge in [0.05, 0.1) is 30.9 Å². The Hall–Kier alpha value is -2.12. The van der Waals surface area contributed by atoms with E-state index in [4.69, 9.17) is 14.2 Å². The molecule has 1 aromatic carbocycles. The monoisotopic (exact) mass is 350 g/mol. The first-order chi connectivity index (χ1) is 11.9. The van der Waals surface area contributed by atoms with Crippen molar-refractivity contribution in [3.05, 3.63) is 29.8 Å². The highest BCUT2D eigenvalue weighted by molar-refractivity contribution is 5.96. The Morgan fingerprint density at radius 2 is 1.88 bits per heavy atom. The largest absolute Gasteiger partial charge is 0.457 e. The average Bonchev–Trinajstić information content (AvgIpc) is 2.60. The minimum Gasteiger partial charge on any atom is -0.457 e. The summed E-state index contributed by atoms with van der Waals surface area (Å²) >= 11 is 0. The molecule has 7 nitrogen and oxygen atoms in total. The summed E-state index contributed by atoms with van der Waals surface area (Å²) in [4.78, 5) is 26.3. The number of ether oxygens (including phenoxy) is 3. The fraction of sp³-hybridized carbons (Fsp3) is 0.556. The van der Waals surface area contributed by atoms with Gasteiger partial charge in [-0.25, -0.2) is 0 Å². The van der Waals surface area contributed by atoms with Crippen molar-refractivity contribution in [1.29, 1.82) is 0 Å². The first kappa shape index (κ1) is 19.2. The second-order valence-electron chi connectivity index (χ2n) is 6.83. The van der Waals surface area contributed by atoms with Crippen molar-refractivity contribution in [2.45, 2.75) is 20.8 Å². The number of hydrogen-bond acceptors (Lipinski definition) is 6. The molecule has 0 spiro atoms. The highest BCUT2D eigenvalue weighted by Gasteiger charge is 2.23. The predicted octanol–water partition coefficient (Wildman–Crippen LogP) is 1.63. The quantitative estimate of drug-likeness (QED) is 0.621. The van der Waals surface area contributed by atoms with Crippen molar-refractivity contribution < 1.29 is 23.8 Å². The average molecular weight is 350 g/mol. The Bertz CT molecular complexity index is 591. The highest BCUT2D eigenvalue weighted by atomic mass is 16.7. The molecule has 1 heterocycles. The molecular weight excluding hydrogens is 324 g/mol. The molecule has 0 radical (unpaired) electrons. The summed E-state index contributed by atoms with van der Waals surface area (Å²) in [7, 11) is 0. The molecule has 0 aromatic heterocycles. The first-order valence-electron chi connectivity index (χ1n) is 8.35. The minimum absolute atomic E-state index is 0.232. The Labute approximate surface area is 148 Å². The van der Waals surface area contributed by atoms with Crippen LogP contribution in [0.1, 0.15) is 31.1 Å². The standard InChI is InChI=1S/C18H26N2O5/c1-18(2,3)17(22)25-13-24-15-7-5-4-6-14(15)16(21)19-12-20-8-10-23-11-9-20/h4-7H,8-13H2,1-3H3,(H,19,21). The lowest BCUT2D eigenvalue weighted by molar-refractivity contribution is -0.159. The van der Waals surface area contributed by atoms with Crippen LogP contribution < -0.4 is 10.1 Å². The van der Waals surface area contributed by atoms with Gasteiger partial charge in [-0.3, -0.25) is 14.5 Å². The Kier molecular flexibility index (Phi) is 6.78. The van der Waals surface area contributed by atoms with Crippen LogP contribution in [0.25, 0.3) is 0 Å². The van der Waals surface area contributed by atoms with Gasteiger partial charge in [0.1, 0.15) is 5.75 Å². The van der Waals surface area contributed by atoms with Crippen molar-refractivity contribution in [3.8, 4) is 5.75 Å². The third kappa shape index (κ3) is 6.03. The zero-order valence-electron chi connectivity index (χ0n) is 15.0. The van der Waals surface area contributed by atoms with Crippen LogP contribution in [0.2, 0.25) is 0 Å². The van der Waals surface area contributed by atoms with E-state index in [2.05, 4.69) is 10.2 Å². The second kappa shape index (κ2) is 8.82. The first-order valence-corrected chi connectivity index (χ1v) is 8.35. The molecule has 1 saturated heterocycles. The van der Waals surface area contributed by atoms with Crippen molar-refractivity contribution in [2.24, 2.45) is 5.41 Å². The molecule has 1 aromatic rings. The fourth-order valence-corrected chi connectivity index (χ4v) is 2.18. The molecule has 0 saturated carbocycles. The van der Waals surface area contributed by atoms with Crippen LogP contribution in [0, 0.1) is 5.41 Å². The summed E-state index contributed by atoms with van der Waals surface area (Å²) in [6.07, 6.45) is 0. The topological polar surface area (TPSA) is 77.1 Å². The Balaban J connectivity index is 1.88. The fourth-order valence-electron chi connectivity index (χ4n) is 2.18. The molecule has 1 aliphatic rings. The lowest BCUT2D eigenvalue weighted by Gasteiger charge is -2.26. The van der Waals surface area contributed by atoms with Crippen LogP contribution in [0.4, 0.5) is 0 Å². The number of nitrogens with one attached hydrogen (secondary N) is 1. The number of carbonyl (C=O) groups is 2. The molecule has 1 aliphatic heterocycles. The number of esters is 1. The molecule has 1 fully saturated rings. The summed E-state index contributed by atoms with van der Waals surface area (Å²) in [6.45, 7) is 8.46. The number of carbonyl (C=O) groups excluding carboxylic acids is 2. The maximum Gasteiger partial charge on any atom is 0.314 e. The number of para-hydroxylation sites is 1. The second-order valence-corrected chi connectivity index (χ2v) is 6.83. The number of amides is 1. The van der Waals surface area contributed by atoms with E-state index >= 15 is 0 Å². The van der Waals surface area contributed by atoms with Crippen LogP contribution in [-0.4, -0.2) is 56.5 Å². The molecule has 0 atom stereocenters. The zero-order valence-corrected chi connectivity index (χ0v) is 15.0. The number of hydrogen-bond donors (Lipinski definition) is 1. The van der Waals surface area contributed by atoms with Gasteiger partial charge in [0.2, 0.25) is 6.79 Å². The van der Waals surface area contributed by atoms with Crippen molar-refractivity contribution in [1.82, 2.24) is 10.2 Å². The van der Waals surface area contributed by atoms with Crippen LogP contribution in [0.5, 0.6) is 5.75 Å². The summed E-state index contributed by atoms with van der Waals surface area (Å²) in [5.41, 5.74) is -0.194. The van der Waals surface area contributed by atoms with E-state index in [1.165, 1.54) is 0 Å². The number of rotatable bonds is 6. The van der Waals surface area contributed by atoms with Gasteiger partial charge in [-0.2, -0.15) is 0 Å². The van der Waals surface area contributed by atoms with E-state index < -0.39 is 5.41 Å². The molecular formula is C18H26N2O5. The molecule has 0 unspecified atom stereocenters. The van der Waals surface area contributed by atoms with Crippen molar-refractivity contribution >= 4 is 11.9 Å². The number of benzene rings is 1. The van der Waals surface area contributed by atoms with Crippen LogP contribution in [-0.2, 0) is 14.3 Å². The van der Waals surface area contributed by atoms with Gasteiger partial charge >= 0.3 is 5.97 Å². The molecule has 1 N–H and O–H groups in total. The van der Waals surface area contributed by atoms with Gasteiger partial charge in [0, 0.05) is 13.1 Å². The van der Waals surface area contributed by atoms with Gasteiger partial charge in [-0.05, 0) is 32.9 Å². The van der Waals surface area contributed by atoms with E-state index in [-0.39, 0.29) is 18.7 Å². The number of morpholine rings is 1. The summed E-state index contributed by atoms with van der Waals surface area (Å²) < 4.78 is 15.8. The summed E-state index contributed by atoms with van der Waals surface area (Å²) in [6, 6.07) is 6.88. The predicted molar refractivity (Wildman–Crippen MR) is 92.2 cm³/mol. The molecule has 1 amide bonds. The lowest BCUT2D eigenvalue weighted by Crippen LogP contribution is -2.43. The van der Waals surface area contributed by atoms with Gasteiger partial charge in [-0.15, -0.1) is 0 Å². The highest BCUT2D eigenvalue weighted by Crippen LogP contribution is 2.19. The van der Waals surface area contributed by atoms with E-state index in [0.29, 0.717) is 31.2 Å². The molecule has 0 bridgehead atoms. The summed E-state index contributed by atoms with van der Waals surface area (Å²) in [5.74, 6) is -0.213. The molecule has 7 heteroatoms. The minimum atomic E-state index is -0.599. The molecule has 25 heavy (non-hydrogen) atoms. The molecule has 138 valence electrons. The third-order valence-electron chi connectivity index (χ3n) is 3.72. The maximum absolute atomic E-state index is 12.4. The normalized spacial score (nSPS) is 15.5. The van der Waals surface area contributed by atoms with Crippen LogP contribution in [0.3, 0.4) is 0 Å². The maximum atomic E-state index is 12.4. The Morgan fingerprint density at radius 3 is 2.56 bits per heavy atom. The van der Waals surface area contributed by atoms with Crippen molar-refractivity contribution in [2.75, 3.05) is 39.8 Å².